The SMILES string of the molecule is CCCCCOc1c(N)cccc1Cl. The van der Waals surface area contributed by atoms with Crippen LogP contribution in [0.1, 0.15) is 26.2 Å². The second kappa shape index (κ2) is 5.76. The molecule has 0 aliphatic carbocycles. The number of hydrogen-bond donors (Lipinski definition) is 1. The van der Waals surface area contributed by atoms with Crippen molar-refractivity contribution in [1.82, 2.24) is 0 Å². The summed E-state index contributed by atoms with van der Waals surface area (Å²) >= 11 is 5.94. The molecule has 0 radical (unpaired) electrons. The number of para-hydroxylation sites is 1. The van der Waals surface area contributed by atoms with Gasteiger partial charge in [0.15, 0.2) is 5.75 Å². The molecule has 0 bridgehead atoms. The van der Waals surface area contributed by atoms with Gasteiger partial charge in [-0.05, 0) is 18.6 Å². The average molecular weight is 214 g/mol. The Morgan fingerprint density at radius 2 is 2.14 bits per heavy atom. The Kier molecular flexibility index (Phi) is 4.60. The molecule has 14 heavy (non-hydrogen) atoms. The van der Waals surface area contributed by atoms with Crippen molar-refractivity contribution in [3.63, 3.8) is 0 Å². The lowest BCUT2D eigenvalue weighted by atomic mass is 10.2. The zero-order valence-electron chi connectivity index (χ0n) is 8.42. The first-order chi connectivity index (χ1) is 6.75. The Bertz CT molecular complexity index is 268. The van der Waals surface area contributed by atoms with Gasteiger partial charge in [-0.25, -0.2) is 0 Å². The summed E-state index contributed by atoms with van der Waals surface area (Å²) in [5.41, 5.74) is 6.33. The third-order valence-corrected chi connectivity index (χ3v) is 2.29. The molecule has 1 aromatic carbocycles. The maximum Gasteiger partial charge on any atom is 0.160 e. The smallest absolute Gasteiger partial charge is 0.160 e. The van der Waals surface area contributed by atoms with E-state index in [9.17, 15) is 0 Å². The molecule has 0 saturated heterocycles. The summed E-state index contributed by atoms with van der Waals surface area (Å²) in [5.74, 6) is 0.616. The molecule has 0 amide bonds. The lowest BCUT2D eigenvalue weighted by Gasteiger charge is -2.09. The Balaban J connectivity index is 2.49. The average Bonchev–Trinajstić information content (AvgIpc) is 2.16. The van der Waals surface area contributed by atoms with Gasteiger partial charge >= 0.3 is 0 Å². The van der Waals surface area contributed by atoms with Crippen molar-refractivity contribution < 1.29 is 4.74 Å². The quantitative estimate of drug-likeness (QED) is 0.600. The van der Waals surface area contributed by atoms with Gasteiger partial charge in [-0.1, -0.05) is 37.4 Å². The highest BCUT2D eigenvalue weighted by atomic mass is 35.5. The molecule has 0 spiro atoms. The minimum atomic E-state index is 0.585. The zero-order chi connectivity index (χ0) is 10.4. The summed E-state index contributed by atoms with van der Waals surface area (Å²) in [6.45, 7) is 2.84. The van der Waals surface area contributed by atoms with E-state index in [1.54, 1.807) is 12.1 Å². The van der Waals surface area contributed by atoms with E-state index < -0.39 is 0 Å². The lowest BCUT2D eigenvalue weighted by molar-refractivity contribution is 0.308. The summed E-state index contributed by atoms with van der Waals surface area (Å²) in [7, 11) is 0. The molecule has 0 aromatic heterocycles. The van der Waals surface area contributed by atoms with Crippen LogP contribution in [-0.4, -0.2) is 6.61 Å². The van der Waals surface area contributed by atoms with E-state index >= 15 is 0 Å². The number of ether oxygens (including phenoxy) is 1. The standard InChI is InChI=1S/C11H16ClNO/c1-2-3-4-8-14-11-9(12)6-5-7-10(11)13/h5-7H,2-4,8,13H2,1H3. The zero-order valence-corrected chi connectivity index (χ0v) is 9.18. The third kappa shape index (κ3) is 3.11. The van der Waals surface area contributed by atoms with Crippen molar-refractivity contribution in [2.75, 3.05) is 12.3 Å². The van der Waals surface area contributed by atoms with Gasteiger partial charge in [-0.15, -0.1) is 0 Å². The van der Waals surface area contributed by atoms with Crippen LogP contribution < -0.4 is 10.5 Å². The maximum absolute atomic E-state index is 5.94. The van der Waals surface area contributed by atoms with Crippen molar-refractivity contribution >= 4 is 17.3 Å². The molecule has 0 heterocycles. The monoisotopic (exact) mass is 213 g/mol. The molecule has 0 aliphatic heterocycles. The van der Waals surface area contributed by atoms with Gasteiger partial charge in [0, 0.05) is 0 Å². The fourth-order valence-corrected chi connectivity index (χ4v) is 1.44. The first-order valence-electron chi connectivity index (χ1n) is 4.92. The van der Waals surface area contributed by atoms with Gasteiger partial charge in [0.25, 0.3) is 0 Å². The summed E-state index contributed by atoms with van der Waals surface area (Å²) < 4.78 is 5.51. The normalized spacial score (nSPS) is 10.1. The molecule has 0 saturated carbocycles. The molecule has 0 unspecified atom stereocenters. The molecule has 0 atom stereocenters. The second-order valence-corrected chi connectivity index (χ2v) is 3.62. The van der Waals surface area contributed by atoms with E-state index in [2.05, 4.69) is 6.92 Å². The van der Waals surface area contributed by atoms with Crippen molar-refractivity contribution in [2.45, 2.75) is 26.2 Å². The predicted molar refractivity (Wildman–Crippen MR) is 60.9 cm³/mol. The highest BCUT2D eigenvalue weighted by Gasteiger charge is 2.04. The van der Waals surface area contributed by atoms with Crippen molar-refractivity contribution in [1.29, 1.82) is 0 Å². The first kappa shape index (κ1) is 11.2. The topological polar surface area (TPSA) is 35.2 Å². The number of benzene rings is 1. The van der Waals surface area contributed by atoms with Crippen LogP contribution in [0.5, 0.6) is 5.75 Å². The van der Waals surface area contributed by atoms with Gasteiger partial charge in [-0.3, -0.25) is 0 Å². The largest absolute Gasteiger partial charge is 0.490 e. The van der Waals surface area contributed by atoms with Crippen LogP contribution in [0.2, 0.25) is 5.02 Å². The molecule has 1 aromatic rings. The van der Waals surface area contributed by atoms with Crippen LogP contribution in [0.4, 0.5) is 5.69 Å². The van der Waals surface area contributed by atoms with E-state index in [-0.39, 0.29) is 0 Å². The van der Waals surface area contributed by atoms with E-state index in [4.69, 9.17) is 22.1 Å². The van der Waals surface area contributed by atoms with Gasteiger partial charge in [0.05, 0.1) is 17.3 Å². The molecule has 1 rings (SSSR count). The minimum Gasteiger partial charge on any atom is -0.490 e. The fourth-order valence-electron chi connectivity index (χ4n) is 1.20. The number of halogens is 1. The van der Waals surface area contributed by atoms with Crippen LogP contribution >= 0.6 is 11.6 Å². The highest BCUT2D eigenvalue weighted by Crippen LogP contribution is 2.30. The molecular formula is C11H16ClNO. The second-order valence-electron chi connectivity index (χ2n) is 3.21. The molecule has 2 N–H and O–H groups in total. The molecule has 2 nitrogen and oxygen atoms in total. The molecular weight excluding hydrogens is 198 g/mol. The van der Waals surface area contributed by atoms with Crippen LogP contribution in [-0.2, 0) is 0 Å². The highest BCUT2D eigenvalue weighted by molar-refractivity contribution is 6.32. The Labute approximate surface area is 90.0 Å². The molecule has 0 fully saturated rings. The summed E-state index contributed by atoms with van der Waals surface area (Å²) in [6, 6.07) is 5.39. The van der Waals surface area contributed by atoms with E-state index in [0.717, 1.165) is 6.42 Å². The van der Waals surface area contributed by atoms with Crippen molar-refractivity contribution in [3.8, 4) is 5.75 Å². The first-order valence-corrected chi connectivity index (χ1v) is 5.30. The third-order valence-electron chi connectivity index (χ3n) is 1.99. The van der Waals surface area contributed by atoms with Gasteiger partial charge in [-0.2, -0.15) is 0 Å². The number of anilines is 1. The van der Waals surface area contributed by atoms with Crippen LogP contribution in [0.25, 0.3) is 0 Å². The van der Waals surface area contributed by atoms with Crippen molar-refractivity contribution in [2.24, 2.45) is 0 Å². The van der Waals surface area contributed by atoms with Crippen LogP contribution in [0.15, 0.2) is 18.2 Å². The Hall–Kier alpha value is -0.890. The fraction of sp³-hybridized carbons (Fsp3) is 0.455. The number of nitrogen functional groups attached to an aromatic ring is 1. The van der Waals surface area contributed by atoms with Gasteiger partial charge < -0.3 is 10.5 Å². The molecule has 0 aliphatic rings. The van der Waals surface area contributed by atoms with Crippen molar-refractivity contribution in [3.05, 3.63) is 23.2 Å². The van der Waals surface area contributed by atoms with E-state index in [1.807, 2.05) is 6.07 Å². The van der Waals surface area contributed by atoms with E-state index in [1.165, 1.54) is 12.8 Å². The van der Waals surface area contributed by atoms with Gasteiger partial charge in [0.2, 0.25) is 0 Å². The number of unbranched alkanes of at least 4 members (excludes halogenated alkanes) is 2. The summed E-state index contributed by atoms with van der Waals surface area (Å²) in [5, 5.41) is 0.585. The summed E-state index contributed by atoms with van der Waals surface area (Å²) in [6.07, 6.45) is 3.40. The number of nitrogens with two attached hydrogens (primary N) is 1. The minimum absolute atomic E-state index is 0.585. The predicted octanol–water partition coefficient (Wildman–Crippen LogP) is 3.49. The summed E-state index contributed by atoms with van der Waals surface area (Å²) in [4.78, 5) is 0. The lowest BCUT2D eigenvalue weighted by Crippen LogP contribution is -2.00. The molecule has 3 heteroatoms. The maximum atomic E-state index is 5.94. The van der Waals surface area contributed by atoms with Gasteiger partial charge in [0.1, 0.15) is 0 Å². The van der Waals surface area contributed by atoms with Crippen LogP contribution in [0.3, 0.4) is 0 Å². The Morgan fingerprint density at radius 3 is 2.79 bits per heavy atom. The van der Waals surface area contributed by atoms with E-state index in [0.29, 0.717) is 23.1 Å². The number of rotatable bonds is 5. The molecule has 78 valence electrons. The Morgan fingerprint density at radius 1 is 1.36 bits per heavy atom. The van der Waals surface area contributed by atoms with Crippen LogP contribution in [0, 0.1) is 0 Å². The number of hydrogen-bond acceptors (Lipinski definition) is 2.